The van der Waals surface area contributed by atoms with Crippen LogP contribution in [0.4, 0.5) is 0 Å². The van der Waals surface area contributed by atoms with Gasteiger partial charge in [-0.1, -0.05) is 44.0 Å². The standard InChI is InChI=1S/C18H10Br2N4S/c19-9-1-3-11-13(7-21-15(11)5-9)17-23-18(25-24-17)14-8-22-16-6-10(20)2-4-12(14)16/h1-8,21-22H. The number of nitrogens with one attached hydrogen (secondary N) is 2. The second-order valence-electron chi connectivity index (χ2n) is 5.71. The van der Waals surface area contributed by atoms with Crippen molar-refractivity contribution in [3.63, 3.8) is 0 Å². The van der Waals surface area contributed by atoms with Crippen LogP contribution in [-0.2, 0) is 0 Å². The summed E-state index contributed by atoms with van der Waals surface area (Å²) in [4.78, 5) is 11.4. The van der Waals surface area contributed by atoms with Gasteiger partial charge < -0.3 is 9.97 Å². The fourth-order valence-electron chi connectivity index (χ4n) is 3.00. The normalized spacial score (nSPS) is 11.6. The lowest BCUT2D eigenvalue weighted by atomic mass is 10.1. The third-order valence-corrected chi connectivity index (χ3v) is 5.92. The van der Waals surface area contributed by atoms with E-state index in [1.54, 1.807) is 0 Å². The lowest BCUT2D eigenvalue weighted by Crippen LogP contribution is -1.79. The number of H-pyrrole nitrogens is 2. The third kappa shape index (κ3) is 2.54. The van der Waals surface area contributed by atoms with Gasteiger partial charge in [-0.25, -0.2) is 4.98 Å². The Morgan fingerprint density at radius 3 is 2.08 bits per heavy atom. The van der Waals surface area contributed by atoms with E-state index in [9.17, 15) is 0 Å². The van der Waals surface area contributed by atoms with Gasteiger partial charge in [0.15, 0.2) is 5.82 Å². The number of aromatic amines is 2. The van der Waals surface area contributed by atoms with E-state index >= 15 is 0 Å². The zero-order chi connectivity index (χ0) is 17.0. The van der Waals surface area contributed by atoms with E-state index in [0.29, 0.717) is 0 Å². The van der Waals surface area contributed by atoms with Crippen LogP contribution in [0.5, 0.6) is 0 Å². The van der Waals surface area contributed by atoms with Crippen LogP contribution in [0.25, 0.3) is 43.8 Å². The Morgan fingerprint density at radius 2 is 1.40 bits per heavy atom. The maximum Gasteiger partial charge on any atom is 0.175 e. The minimum atomic E-state index is 0.750. The molecule has 0 unspecified atom stereocenters. The van der Waals surface area contributed by atoms with Gasteiger partial charge in [-0.05, 0) is 35.8 Å². The highest BCUT2D eigenvalue weighted by Gasteiger charge is 2.15. The van der Waals surface area contributed by atoms with Gasteiger partial charge in [0, 0.05) is 54.3 Å². The molecule has 5 rings (SSSR count). The van der Waals surface area contributed by atoms with Crippen LogP contribution < -0.4 is 0 Å². The first kappa shape index (κ1) is 15.3. The van der Waals surface area contributed by atoms with Crippen molar-refractivity contribution in [1.82, 2.24) is 19.3 Å². The molecule has 0 saturated heterocycles. The molecule has 3 heterocycles. The smallest absolute Gasteiger partial charge is 0.175 e. The molecule has 0 aliphatic carbocycles. The van der Waals surface area contributed by atoms with Crippen LogP contribution in [-0.4, -0.2) is 19.3 Å². The molecule has 0 aliphatic rings. The fourth-order valence-corrected chi connectivity index (χ4v) is 4.43. The monoisotopic (exact) mass is 472 g/mol. The quantitative estimate of drug-likeness (QED) is 0.313. The van der Waals surface area contributed by atoms with Crippen molar-refractivity contribution in [3.05, 3.63) is 57.7 Å². The number of hydrogen-bond donors (Lipinski definition) is 2. The Labute approximate surface area is 163 Å². The van der Waals surface area contributed by atoms with Crippen molar-refractivity contribution >= 4 is 65.2 Å². The first-order valence-electron chi connectivity index (χ1n) is 7.57. The topological polar surface area (TPSA) is 57.4 Å². The Bertz CT molecular complexity index is 1140. The average Bonchev–Trinajstić information content (AvgIpc) is 3.30. The van der Waals surface area contributed by atoms with Crippen LogP contribution in [0.15, 0.2) is 57.7 Å². The molecule has 5 aromatic rings. The van der Waals surface area contributed by atoms with E-state index in [0.717, 1.165) is 52.7 Å². The van der Waals surface area contributed by atoms with Crippen molar-refractivity contribution in [1.29, 1.82) is 0 Å². The molecule has 0 amide bonds. The summed E-state index contributed by atoms with van der Waals surface area (Å²) in [6, 6.07) is 12.4. The molecule has 3 aromatic heterocycles. The maximum absolute atomic E-state index is 4.78. The molecule has 0 aliphatic heterocycles. The minimum absolute atomic E-state index is 0.750. The summed E-state index contributed by atoms with van der Waals surface area (Å²) in [6.45, 7) is 0. The third-order valence-electron chi connectivity index (χ3n) is 4.18. The molecule has 0 bridgehead atoms. The van der Waals surface area contributed by atoms with Gasteiger partial charge in [0.1, 0.15) is 5.01 Å². The van der Waals surface area contributed by atoms with Crippen molar-refractivity contribution in [2.75, 3.05) is 0 Å². The Morgan fingerprint density at radius 1 is 0.800 bits per heavy atom. The SMILES string of the molecule is Brc1ccc2c(-c3nsc(-c4c[nH]c5cc(Br)ccc45)n3)c[nH]c2c1. The highest BCUT2D eigenvalue weighted by molar-refractivity contribution is 9.10. The second-order valence-corrected chi connectivity index (χ2v) is 8.29. The van der Waals surface area contributed by atoms with Gasteiger partial charge in [-0.15, -0.1) is 0 Å². The number of hydrogen-bond acceptors (Lipinski definition) is 3. The van der Waals surface area contributed by atoms with Crippen molar-refractivity contribution < 1.29 is 0 Å². The van der Waals surface area contributed by atoms with E-state index in [2.05, 4.69) is 70.5 Å². The number of nitrogens with zero attached hydrogens (tertiary/aromatic N) is 2. The van der Waals surface area contributed by atoms with E-state index in [1.807, 2.05) is 24.5 Å². The summed E-state index contributed by atoms with van der Waals surface area (Å²) < 4.78 is 6.69. The van der Waals surface area contributed by atoms with Gasteiger partial charge >= 0.3 is 0 Å². The molecular formula is C18H10Br2N4S. The number of fused-ring (bicyclic) bond motifs is 2. The Balaban J connectivity index is 1.62. The van der Waals surface area contributed by atoms with Gasteiger partial charge in [0.2, 0.25) is 0 Å². The largest absolute Gasteiger partial charge is 0.360 e. The number of rotatable bonds is 2. The van der Waals surface area contributed by atoms with Crippen molar-refractivity contribution in [2.24, 2.45) is 0 Å². The molecule has 2 N–H and O–H groups in total. The van der Waals surface area contributed by atoms with Gasteiger partial charge in [-0.2, -0.15) is 4.37 Å². The zero-order valence-corrected chi connectivity index (χ0v) is 16.7. The summed E-state index contributed by atoms with van der Waals surface area (Å²) in [7, 11) is 0. The summed E-state index contributed by atoms with van der Waals surface area (Å²) in [5.41, 5.74) is 4.25. The van der Waals surface area contributed by atoms with Gasteiger partial charge in [-0.3, -0.25) is 0 Å². The fraction of sp³-hybridized carbons (Fsp3) is 0. The maximum atomic E-state index is 4.78. The van der Waals surface area contributed by atoms with Crippen molar-refractivity contribution in [3.8, 4) is 22.0 Å². The van der Waals surface area contributed by atoms with E-state index in [-0.39, 0.29) is 0 Å². The zero-order valence-electron chi connectivity index (χ0n) is 12.7. The molecule has 2 aromatic carbocycles. The van der Waals surface area contributed by atoms with Crippen molar-refractivity contribution in [2.45, 2.75) is 0 Å². The molecule has 0 spiro atoms. The molecule has 0 fully saturated rings. The Hall–Kier alpha value is -1.96. The molecule has 122 valence electrons. The summed E-state index contributed by atoms with van der Waals surface area (Å²) >= 11 is 8.42. The van der Waals surface area contributed by atoms with Crippen LogP contribution in [0.2, 0.25) is 0 Å². The lowest BCUT2D eigenvalue weighted by Gasteiger charge is -1.95. The molecule has 25 heavy (non-hydrogen) atoms. The number of benzene rings is 2. The van der Waals surface area contributed by atoms with Gasteiger partial charge in [0.25, 0.3) is 0 Å². The summed E-state index contributed by atoms with van der Waals surface area (Å²) in [6.07, 6.45) is 3.96. The average molecular weight is 474 g/mol. The Kier molecular flexibility index (Phi) is 3.55. The predicted molar refractivity (Wildman–Crippen MR) is 110 cm³/mol. The lowest BCUT2D eigenvalue weighted by molar-refractivity contribution is 1.33. The summed E-state index contributed by atoms with van der Waals surface area (Å²) in [5.74, 6) is 0.750. The predicted octanol–water partition coefficient (Wildman–Crippen LogP) is 6.36. The first-order valence-corrected chi connectivity index (χ1v) is 9.93. The molecule has 7 heteroatoms. The minimum Gasteiger partial charge on any atom is -0.360 e. The molecule has 0 radical (unpaired) electrons. The molecular weight excluding hydrogens is 464 g/mol. The molecule has 4 nitrogen and oxygen atoms in total. The van der Waals surface area contributed by atoms with Crippen LogP contribution >= 0.6 is 43.4 Å². The van der Waals surface area contributed by atoms with Crippen LogP contribution in [0, 0.1) is 0 Å². The number of aromatic nitrogens is 4. The van der Waals surface area contributed by atoms with E-state index in [1.165, 1.54) is 11.5 Å². The van der Waals surface area contributed by atoms with E-state index < -0.39 is 0 Å². The van der Waals surface area contributed by atoms with Crippen LogP contribution in [0.3, 0.4) is 0 Å². The summed E-state index contributed by atoms with van der Waals surface area (Å²) in [5, 5.41) is 3.18. The van der Waals surface area contributed by atoms with Gasteiger partial charge in [0.05, 0.1) is 0 Å². The molecule has 0 saturated carbocycles. The van der Waals surface area contributed by atoms with Crippen LogP contribution in [0.1, 0.15) is 0 Å². The number of halogens is 2. The molecule has 0 atom stereocenters. The highest BCUT2D eigenvalue weighted by atomic mass is 79.9. The first-order chi connectivity index (χ1) is 12.2. The highest BCUT2D eigenvalue weighted by Crippen LogP contribution is 2.35. The second kappa shape index (κ2) is 5.79. The van der Waals surface area contributed by atoms with E-state index in [4.69, 9.17) is 4.98 Å².